The maximum atomic E-state index is 13.2. The number of halogens is 1. The maximum Gasteiger partial charge on any atom is 0.250 e. The number of thiazole rings is 1. The van der Waals surface area contributed by atoms with Crippen LogP contribution in [0.2, 0.25) is 0 Å². The molecule has 1 amide bonds. The highest BCUT2D eigenvalue weighted by atomic mass is 32.1. The lowest BCUT2D eigenvalue weighted by Gasteiger charge is -2.01. The molecule has 0 aliphatic heterocycles. The Morgan fingerprint density at radius 3 is 2.77 bits per heavy atom. The molecule has 3 heterocycles. The van der Waals surface area contributed by atoms with Crippen LogP contribution in [-0.4, -0.2) is 25.7 Å². The fourth-order valence-electron chi connectivity index (χ4n) is 3.25. The summed E-state index contributed by atoms with van der Waals surface area (Å²) >= 11 is 1.39. The smallest absolute Gasteiger partial charge is 0.250 e. The van der Waals surface area contributed by atoms with Crippen molar-refractivity contribution in [2.45, 2.75) is 20.3 Å². The van der Waals surface area contributed by atoms with E-state index in [1.165, 1.54) is 23.5 Å². The number of rotatable bonds is 4. The molecule has 7 nitrogen and oxygen atoms in total. The van der Waals surface area contributed by atoms with Crippen LogP contribution in [0.15, 0.2) is 46.3 Å². The molecule has 150 valence electrons. The third-order valence-electron chi connectivity index (χ3n) is 4.96. The highest BCUT2D eigenvalue weighted by Gasteiger charge is 2.17. The summed E-state index contributed by atoms with van der Waals surface area (Å²) in [6.45, 7) is 4.01. The van der Waals surface area contributed by atoms with Gasteiger partial charge in [-0.3, -0.25) is 10.1 Å². The molecule has 3 aromatic heterocycles. The standard InChI is InChI=1S/C21H16FN5O2S/c1-11-7-15-16(26-29-18(15)8-12(11)2)9-19(28)23-20-24-21-27(25-20)17(10-30-21)13-3-5-14(22)6-4-13/h3-8,10H,9H2,1-2H3,(H,23,25,28). The average molecular weight is 421 g/mol. The van der Waals surface area contributed by atoms with Gasteiger partial charge in [0.25, 0.3) is 0 Å². The average Bonchev–Trinajstić information content (AvgIpc) is 3.38. The Bertz CT molecular complexity index is 1400. The van der Waals surface area contributed by atoms with Crippen LogP contribution in [0.5, 0.6) is 0 Å². The number of nitrogens with zero attached hydrogens (tertiary/aromatic N) is 4. The Morgan fingerprint density at radius 2 is 1.97 bits per heavy atom. The summed E-state index contributed by atoms with van der Waals surface area (Å²) in [7, 11) is 0. The van der Waals surface area contributed by atoms with Crippen LogP contribution in [0.25, 0.3) is 27.2 Å². The predicted molar refractivity (Wildman–Crippen MR) is 112 cm³/mol. The summed E-state index contributed by atoms with van der Waals surface area (Å²) in [6, 6.07) is 10.0. The molecule has 0 radical (unpaired) electrons. The molecule has 0 aliphatic carbocycles. The van der Waals surface area contributed by atoms with Crippen LogP contribution in [0.3, 0.4) is 0 Å². The molecule has 0 aliphatic rings. The van der Waals surface area contributed by atoms with E-state index in [0.29, 0.717) is 16.2 Å². The molecule has 0 spiro atoms. The Balaban J connectivity index is 1.38. The fraction of sp³-hybridized carbons (Fsp3) is 0.143. The fourth-order valence-corrected chi connectivity index (χ4v) is 4.08. The van der Waals surface area contributed by atoms with Gasteiger partial charge in [0.1, 0.15) is 11.5 Å². The molecule has 0 fully saturated rings. The number of carbonyl (C=O) groups is 1. The lowest BCUT2D eigenvalue weighted by Crippen LogP contribution is -2.15. The monoisotopic (exact) mass is 421 g/mol. The van der Waals surface area contributed by atoms with Gasteiger partial charge in [0.15, 0.2) is 5.58 Å². The zero-order valence-corrected chi connectivity index (χ0v) is 17.0. The first-order valence-electron chi connectivity index (χ1n) is 9.23. The molecule has 5 aromatic rings. The largest absolute Gasteiger partial charge is 0.356 e. The molecule has 0 saturated heterocycles. The number of fused-ring (bicyclic) bond motifs is 2. The van der Waals surface area contributed by atoms with Crippen LogP contribution < -0.4 is 5.32 Å². The summed E-state index contributed by atoms with van der Waals surface area (Å²) in [5.74, 6) is -0.387. The number of aryl methyl sites for hydroxylation is 2. The van der Waals surface area contributed by atoms with Gasteiger partial charge in [-0.2, -0.15) is 4.98 Å². The van der Waals surface area contributed by atoms with E-state index >= 15 is 0 Å². The minimum Gasteiger partial charge on any atom is -0.356 e. The minimum atomic E-state index is -0.303. The molecule has 9 heteroatoms. The van der Waals surface area contributed by atoms with Gasteiger partial charge >= 0.3 is 0 Å². The van der Waals surface area contributed by atoms with Crippen molar-refractivity contribution in [3.8, 4) is 11.3 Å². The van der Waals surface area contributed by atoms with E-state index in [-0.39, 0.29) is 24.1 Å². The number of hydrogen-bond donors (Lipinski definition) is 1. The third kappa shape index (κ3) is 3.22. The van der Waals surface area contributed by atoms with E-state index in [4.69, 9.17) is 4.52 Å². The highest BCUT2D eigenvalue weighted by Crippen LogP contribution is 2.26. The first kappa shape index (κ1) is 18.4. The van der Waals surface area contributed by atoms with Gasteiger partial charge in [0, 0.05) is 16.3 Å². The van der Waals surface area contributed by atoms with E-state index in [9.17, 15) is 9.18 Å². The quantitative estimate of drug-likeness (QED) is 0.461. The third-order valence-corrected chi connectivity index (χ3v) is 5.78. The van der Waals surface area contributed by atoms with Gasteiger partial charge in [0.05, 0.1) is 12.1 Å². The minimum absolute atomic E-state index is 0.0488. The van der Waals surface area contributed by atoms with Crippen molar-refractivity contribution in [2.24, 2.45) is 0 Å². The van der Waals surface area contributed by atoms with E-state index in [2.05, 4.69) is 20.6 Å². The van der Waals surface area contributed by atoms with E-state index < -0.39 is 0 Å². The first-order chi connectivity index (χ1) is 14.5. The molecule has 0 atom stereocenters. The van der Waals surface area contributed by atoms with Gasteiger partial charge in [-0.05, 0) is 61.4 Å². The van der Waals surface area contributed by atoms with Crippen LogP contribution in [0.1, 0.15) is 16.8 Å². The maximum absolute atomic E-state index is 13.2. The SMILES string of the molecule is Cc1cc2onc(CC(=O)Nc3nc4scc(-c5ccc(F)cc5)n4n3)c2cc1C. The second-order valence-electron chi connectivity index (χ2n) is 7.04. The molecule has 2 aromatic carbocycles. The van der Waals surface area contributed by atoms with Crippen LogP contribution >= 0.6 is 11.3 Å². The van der Waals surface area contributed by atoms with E-state index in [1.54, 1.807) is 16.6 Å². The van der Waals surface area contributed by atoms with Gasteiger partial charge in [-0.25, -0.2) is 8.91 Å². The number of anilines is 1. The van der Waals surface area contributed by atoms with Crippen molar-refractivity contribution in [1.82, 2.24) is 19.8 Å². The zero-order chi connectivity index (χ0) is 20.8. The predicted octanol–water partition coefficient (Wildman–Crippen LogP) is 4.54. The Morgan fingerprint density at radius 1 is 1.20 bits per heavy atom. The lowest BCUT2D eigenvalue weighted by molar-refractivity contribution is -0.115. The molecule has 0 bridgehead atoms. The zero-order valence-electron chi connectivity index (χ0n) is 16.1. The van der Waals surface area contributed by atoms with Crippen molar-refractivity contribution in [3.63, 3.8) is 0 Å². The molecular weight excluding hydrogens is 405 g/mol. The van der Waals surface area contributed by atoms with Crippen molar-refractivity contribution in [3.05, 3.63) is 64.4 Å². The summed E-state index contributed by atoms with van der Waals surface area (Å²) in [6.07, 6.45) is 0.0488. The molecule has 5 rings (SSSR count). The molecule has 30 heavy (non-hydrogen) atoms. The number of carbonyl (C=O) groups excluding carboxylic acids is 1. The second-order valence-corrected chi connectivity index (χ2v) is 7.88. The highest BCUT2D eigenvalue weighted by molar-refractivity contribution is 7.15. The van der Waals surface area contributed by atoms with Crippen molar-refractivity contribution in [1.29, 1.82) is 0 Å². The number of aromatic nitrogens is 4. The number of hydrogen-bond acceptors (Lipinski definition) is 6. The Kier molecular flexibility index (Phi) is 4.32. The van der Waals surface area contributed by atoms with Gasteiger partial charge in [-0.1, -0.05) is 5.16 Å². The first-order valence-corrected chi connectivity index (χ1v) is 10.1. The van der Waals surface area contributed by atoms with Crippen molar-refractivity contribution < 1.29 is 13.7 Å². The number of benzene rings is 2. The summed E-state index contributed by atoms with van der Waals surface area (Å²) in [5, 5.41) is 13.8. The van der Waals surface area contributed by atoms with Gasteiger partial charge in [-0.15, -0.1) is 16.4 Å². The van der Waals surface area contributed by atoms with Crippen LogP contribution in [0, 0.1) is 19.7 Å². The molecule has 0 unspecified atom stereocenters. The molecule has 1 N–H and O–H groups in total. The van der Waals surface area contributed by atoms with Crippen molar-refractivity contribution in [2.75, 3.05) is 5.32 Å². The summed E-state index contributed by atoms with van der Waals surface area (Å²) in [5.41, 5.74) is 5.02. The van der Waals surface area contributed by atoms with Crippen LogP contribution in [-0.2, 0) is 11.2 Å². The van der Waals surface area contributed by atoms with Crippen molar-refractivity contribution >= 4 is 39.1 Å². The normalized spacial score (nSPS) is 11.4. The number of nitrogens with one attached hydrogen (secondary N) is 1. The van der Waals surface area contributed by atoms with Gasteiger partial charge < -0.3 is 4.52 Å². The summed E-state index contributed by atoms with van der Waals surface area (Å²) < 4.78 is 20.2. The van der Waals surface area contributed by atoms with E-state index in [1.807, 2.05) is 31.4 Å². The van der Waals surface area contributed by atoms with Gasteiger partial charge in [0.2, 0.25) is 16.8 Å². The lowest BCUT2D eigenvalue weighted by atomic mass is 10.1. The second kappa shape index (κ2) is 7.03. The van der Waals surface area contributed by atoms with Crippen LogP contribution in [0.4, 0.5) is 10.3 Å². The molecular formula is C21H16FN5O2S. The topological polar surface area (TPSA) is 85.3 Å². The molecule has 0 saturated carbocycles. The van der Waals surface area contributed by atoms with E-state index in [0.717, 1.165) is 27.8 Å². The Labute approximate surface area is 174 Å². The number of amides is 1. The Hall–Kier alpha value is -3.59. The summed E-state index contributed by atoms with van der Waals surface area (Å²) in [4.78, 5) is 17.5.